The van der Waals surface area contributed by atoms with Crippen molar-refractivity contribution < 1.29 is 19.6 Å². The summed E-state index contributed by atoms with van der Waals surface area (Å²) in [6.45, 7) is 5.04. The molecule has 0 radical (unpaired) electrons. The van der Waals surface area contributed by atoms with Gasteiger partial charge in [-0.05, 0) is 61.4 Å². The van der Waals surface area contributed by atoms with Gasteiger partial charge in [-0.25, -0.2) is 5.26 Å². The first-order valence-electron chi connectivity index (χ1n) is 10.5. The molecule has 0 bridgehead atoms. The second-order valence-corrected chi connectivity index (χ2v) is 8.60. The number of benzene rings is 3. The molecule has 0 saturated carbocycles. The van der Waals surface area contributed by atoms with Gasteiger partial charge >= 0.3 is 0 Å². The summed E-state index contributed by atoms with van der Waals surface area (Å²) in [6, 6.07) is 17.7. The molecule has 0 unspecified atom stereocenters. The van der Waals surface area contributed by atoms with Gasteiger partial charge in [-0.15, -0.1) is 0 Å². The fourth-order valence-corrected chi connectivity index (χ4v) is 4.73. The Hall–Kier alpha value is -3.64. The summed E-state index contributed by atoms with van der Waals surface area (Å²) in [5.41, 5.74) is 7.53. The van der Waals surface area contributed by atoms with Crippen LogP contribution in [-0.2, 0) is 6.54 Å². The monoisotopic (exact) mass is 430 g/mol. The van der Waals surface area contributed by atoms with Crippen LogP contribution < -0.4 is 24.6 Å². The van der Waals surface area contributed by atoms with Crippen LogP contribution in [0.15, 0.2) is 60.7 Å². The standard InChI is InChI=1S/C26H26N2O4/c1-26(2)14-22-25-19(15-28(22)21-7-5-6-8-23(21)30-3)17(11-12-20(25)27-26)18-10-9-16(32-29)13-24(18)31-4/h5-14,27,29H,15H2,1-4H3. The summed E-state index contributed by atoms with van der Waals surface area (Å²) in [7, 11) is 3.32. The first-order valence-corrected chi connectivity index (χ1v) is 10.5. The molecular formula is C26H26N2O4. The van der Waals surface area contributed by atoms with Gasteiger partial charge < -0.3 is 24.6 Å². The minimum Gasteiger partial charge on any atom is -0.496 e. The van der Waals surface area contributed by atoms with Crippen molar-refractivity contribution in [3.63, 3.8) is 0 Å². The first kappa shape index (κ1) is 20.3. The van der Waals surface area contributed by atoms with E-state index in [-0.39, 0.29) is 5.54 Å². The summed E-state index contributed by atoms with van der Waals surface area (Å²) in [4.78, 5) is 6.72. The van der Waals surface area contributed by atoms with Crippen molar-refractivity contribution in [1.82, 2.24) is 0 Å². The maximum absolute atomic E-state index is 9.05. The molecule has 0 spiro atoms. The van der Waals surface area contributed by atoms with Crippen LogP contribution >= 0.6 is 0 Å². The molecule has 0 saturated heterocycles. The van der Waals surface area contributed by atoms with Gasteiger partial charge in [-0.2, -0.15) is 0 Å². The van der Waals surface area contributed by atoms with Crippen LogP contribution in [0.5, 0.6) is 17.2 Å². The Morgan fingerprint density at radius 2 is 1.69 bits per heavy atom. The highest BCUT2D eigenvalue weighted by Crippen LogP contribution is 2.51. The zero-order chi connectivity index (χ0) is 22.5. The fourth-order valence-electron chi connectivity index (χ4n) is 4.73. The third-order valence-electron chi connectivity index (χ3n) is 6.08. The molecule has 0 atom stereocenters. The molecule has 0 amide bonds. The summed E-state index contributed by atoms with van der Waals surface area (Å²) >= 11 is 0. The number of methoxy groups -OCH3 is 2. The molecule has 2 heterocycles. The van der Waals surface area contributed by atoms with Crippen molar-refractivity contribution in [3.8, 4) is 28.4 Å². The van der Waals surface area contributed by atoms with E-state index in [0.29, 0.717) is 18.0 Å². The summed E-state index contributed by atoms with van der Waals surface area (Å²) in [6.07, 6.45) is 2.28. The number of hydrogen-bond acceptors (Lipinski definition) is 6. The molecular weight excluding hydrogens is 404 g/mol. The van der Waals surface area contributed by atoms with Gasteiger partial charge in [0.05, 0.1) is 25.4 Å². The summed E-state index contributed by atoms with van der Waals surface area (Å²) in [5, 5.41) is 12.7. The van der Waals surface area contributed by atoms with E-state index in [1.54, 1.807) is 26.4 Å². The van der Waals surface area contributed by atoms with Crippen molar-refractivity contribution in [1.29, 1.82) is 0 Å². The zero-order valence-corrected chi connectivity index (χ0v) is 18.6. The van der Waals surface area contributed by atoms with Crippen molar-refractivity contribution in [2.75, 3.05) is 24.4 Å². The molecule has 0 aromatic heterocycles. The normalized spacial score (nSPS) is 15.5. The minimum absolute atomic E-state index is 0.191. The van der Waals surface area contributed by atoms with E-state index < -0.39 is 0 Å². The Labute approximate surface area is 187 Å². The highest BCUT2D eigenvalue weighted by atomic mass is 17.1. The number of nitrogens with zero attached hydrogens (tertiary/aromatic N) is 1. The van der Waals surface area contributed by atoms with Gasteiger partial charge in [0.25, 0.3) is 0 Å². The maximum Gasteiger partial charge on any atom is 0.168 e. The van der Waals surface area contributed by atoms with E-state index in [0.717, 1.165) is 28.3 Å². The molecule has 0 aliphatic carbocycles. The van der Waals surface area contributed by atoms with Gasteiger partial charge in [-0.1, -0.05) is 18.2 Å². The fraction of sp³-hybridized carbons (Fsp3) is 0.231. The predicted octanol–water partition coefficient (Wildman–Crippen LogP) is 5.79. The SMILES string of the molecule is COc1cc(OO)ccc1-c1ccc2c3c1CN(c1ccccc1OC)C3=CC(C)(C)N2. The van der Waals surface area contributed by atoms with Crippen molar-refractivity contribution in [2.24, 2.45) is 0 Å². The largest absolute Gasteiger partial charge is 0.496 e. The highest BCUT2D eigenvalue weighted by molar-refractivity contribution is 5.98. The van der Waals surface area contributed by atoms with E-state index in [1.807, 2.05) is 24.3 Å². The number of hydrogen-bond donors (Lipinski definition) is 2. The summed E-state index contributed by atoms with van der Waals surface area (Å²) < 4.78 is 11.3. The highest BCUT2D eigenvalue weighted by Gasteiger charge is 2.37. The summed E-state index contributed by atoms with van der Waals surface area (Å²) in [5.74, 6) is 1.81. The number of nitrogens with one attached hydrogen (secondary N) is 1. The lowest BCUT2D eigenvalue weighted by Crippen LogP contribution is -2.33. The predicted molar refractivity (Wildman–Crippen MR) is 127 cm³/mol. The maximum atomic E-state index is 9.05. The van der Waals surface area contributed by atoms with E-state index in [9.17, 15) is 0 Å². The van der Waals surface area contributed by atoms with Crippen LogP contribution in [-0.4, -0.2) is 25.0 Å². The number of ether oxygens (including phenoxy) is 2. The Bertz CT molecular complexity index is 1230. The van der Waals surface area contributed by atoms with E-state index in [4.69, 9.17) is 14.7 Å². The van der Waals surface area contributed by atoms with Crippen molar-refractivity contribution in [3.05, 3.63) is 71.8 Å². The number of rotatable bonds is 5. The van der Waals surface area contributed by atoms with E-state index in [1.165, 1.54) is 16.8 Å². The molecule has 2 aliphatic rings. The molecule has 3 aromatic carbocycles. The van der Waals surface area contributed by atoms with Crippen LogP contribution in [0.3, 0.4) is 0 Å². The third-order valence-corrected chi connectivity index (χ3v) is 6.08. The van der Waals surface area contributed by atoms with E-state index in [2.05, 4.69) is 53.2 Å². The Kier molecular flexibility index (Phi) is 4.75. The molecule has 6 heteroatoms. The zero-order valence-electron chi connectivity index (χ0n) is 18.6. The topological polar surface area (TPSA) is 63.2 Å². The quantitative estimate of drug-likeness (QED) is 0.395. The van der Waals surface area contributed by atoms with Gasteiger partial charge in [0.1, 0.15) is 11.5 Å². The molecule has 0 fully saturated rings. The molecule has 164 valence electrons. The second-order valence-electron chi connectivity index (χ2n) is 8.60. The second kappa shape index (κ2) is 7.50. The lowest BCUT2D eigenvalue weighted by Gasteiger charge is -2.33. The molecule has 6 nitrogen and oxygen atoms in total. The van der Waals surface area contributed by atoms with E-state index >= 15 is 0 Å². The van der Waals surface area contributed by atoms with Crippen LogP contribution in [0.2, 0.25) is 0 Å². The van der Waals surface area contributed by atoms with Gasteiger partial charge in [0, 0.05) is 35.1 Å². The lowest BCUT2D eigenvalue weighted by atomic mass is 9.89. The Morgan fingerprint density at radius 1 is 0.938 bits per heavy atom. The number of para-hydroxylation sites is 2. The molecule has 5 rings (SSSR count). The average molecular weight is 431 g/mol. The Balaban J connectivity index is 1.72. The molecule has 2 N–H and O–H groups in total. The van der Waals surface area contributed by atoms with Crippen LogP contribution in [0, 0.1) is 0 Å². The van der Waals surface area contributed by atoms with Crippen LogP contribution in [0.1, 0.15) is 25.0 Å². The van der Waals surface area contributed by atoms with Crippen molar-refractivity contribution in [2.45, 2.75) is 25.9 Å². The van der Waals surface area contributed by atoms with Gasteiger partial charge in [0.2, 0.25) is 0 Å². The van der Waals surface area contributed by atoms with Gasteiger partial charge in [0.15, 0.2) is 5.75 Å². The van der Waals surface area contributed by atoms with Crippen molar-refractivity contribution >= 4 is 17.1 Å². The third kappa shape index (κ3) is 3.15. The molecule has 3 aromatic rings. The van der Waals surface area contributed by atoms with Gasteiger partial charge in [-0.3, -0.25) is 0 Å². The smallest absolute Gasteiger partial charge is 0.168 e. The Morgan fingerprint density at radius 3 is 2.44 bits per heavy atom. The molecule has 2 aliphatic heterocycles. The first-order chi connectivity index (χ1) is 15.5. The van der Waals surface area contributed by atoms with Crippen LogP contribution in [0.4, 0.5) is 11.4 Å². The number of anilines is 2. The minimum atomic E-state index is -0.191. The lowest BCUT2D eigenvalue weighted by molar-refractivity contribution is -0.137. The average Bonchev–Trinajstić information content (AvgIpc) is 3.17. The van der Waals surface area contributed by atoms with Crippen LogP contribution in [0.25, 0.3) is 16.8 Å². The molecule has 32 heavy (non-hydrogen) atoms.